The molecular weight excluding hydrogens is 262 g/mol. The third-order valence-electron chi connectivity index (χ3n) is 4.38. The molecule has 0 unspecified atom stereocenters. The second kappa shape index (κ2) is 6.41. The molecule has 2 atom stereocenters. The van der Waals surface area contributed by atoms with E-state index < -0.39 is 0 Å². The zero-order chi connectivity index (χ0) is 14.7. The van der Waals surface area contributed by atoms with Gasteiger partial charge in [-0.15, -0.1) is 0 Å². The van der Waals surface area contributed by atoms with E-state index in [1.165, 1.54) is 11.1 Å². The number of hydrogen-bond acceptors (Lipinski definition) is 3. The summed E-state index contributed by atoms with van der Waals surface area (Å²) >= 11 is 0. The number of aryl methyl sites for hydroxylation is 1. The smallest absolute Gasteiger partial charge is 0.0699 e. The zero-order valence-corrected chi connectivity index (χ0v) is 12.5. The van der Waals surface area contributed by atoms with Crippen molar-refractivity contribution in [1.29, 1.82) is 0 Å². The molecule has 1 aliphatic heterocycles. The number of piperidine rings is 1. The fourth-order valence-corrected chi connectivity index (χ4v) is 3.07. The molecule has 0 radical (unpaired) electrons. The summed E-state index contributed by atoms with van der Waals surface area (Å²) in [5, 5.41) is 17.4. The molecule has 1 aliphatic rings. The molecule has 3 rings (SSSR count). The number of aromatic nitrogens is 2. The Morgan fingerprint density at radius 3 is 2.76 bits per heavy atom. The largest absolute Gasteiger partial charge is 0.391 e. The van der Waals surface area contributed by atoms with E-state index in [0.29, 0.717) is 5.92 Å². The van der Waals surface area contributed by atoms with Gasteiger partial charge in [0.2, 0.25) is 0 Å². The summed E-state index contributed by atoms with van der Waals surface area (Å²) in [6, 6.07) is 10.6. The fourth-order valence-electron chi connectivity index (χ4n) is 3.07. The van der Waals surface area contributed by atoms with Crippen molar-refractivity contribution in [3.8, 4) is 0 Å². The van der Waals surface area contributed by atoms with Gasteiger partial charge in [-0.25, -0.2) is 0 Å². The SMILES string of the molecule is Cc1ccc(C[C@H]2CCN(Cc3ccn[nH]3)C[C@@H]2O)cc1. The number of nitrogens with zero attached hydrogens (tertiary/aromatic N) is 2. The van der Waals surface area contributed by atoms with Gasteiger partial charge in [-0.2, -0.15) is 5.10 Å². The number of benzene rings is 1. The first-order valence-electron chi connectivity index (χ1n) is 7.65. The van der Waals surface area contributed by atoms with Gasteiger partial charge in [-0.05, 0) is 43.9 Å². The Labute approximate surface area is 125 Å². The molecule has 0 amide bonds. The molecule has 4 heteroatoms. The van der Waals surface area contributed by atoms with E-state index in [0.717, 1.165) is 38.2 Å². The van der Waals surface area contributed by atoms with Gasteiger partial charge < -0.3 is 5.11 Å². The number of H-pyrrole nitrogens is 1. The van der Waals surface area contributed by atoms with Gasteiger partial charge in [0.1, 0.15) is 0 Å². The number of aromatic amines is 1. The Kier molecular flexibility index (Phi) is 4.36. The monoisotopic (exact) mass is 285 g/mol. The van der Waals surface area contributed by atoms with Crippen molar-refractivity contribution in [3.63, 3.8) is 0 Å². The standard InChI is InChI=1S/C17H23N3O/c1-13-2-4-14(5-3-13)10-15-7-9-20(12-17(15)21)11-16-6-8-18-19-16/h2-6,8,15,17,21H,7,9-12H2,1H3,(H,18,19)/t15-,17+/m1/s1. The molecular formula is C17H23N3O. The highest BCUT2D eigenvalue weighted by Gasteiger charge is 2.27. The van der Waals surface area contributed by atoms with Gasteiger partial charge in [0.25, 0.3) is 0 Å². The number of hydrogen-bond donors (Lipinski definition) is 2. The number of β-amino-alcohol motifs (C(OH)–C–C–N with tert-alkyl or cyclic N) is 1. The van der Waals surface area contributed by atoms with Crippen molar-refractivity contribution in [2.45, 2.75) is 32.4 Å². The van der Waals surface area contributed by atoms with E-state index in [9.17, 15) is 5.11 Å². The molecule has 0 saturated carbocycles. The average Bonchev–Trinajstić information content (AvgIpc) is 2.97. The minimum atomic E-state index is -0.247. The molecule has 1 fully saturated rings. The van der Waals surface area contributed by atoms with Crippen molar-refractivity contribution in [1.82, 2.24) is 15.1 Å². The van der Waals surface area contributed by atoms with Crippen molar-refractivity contribution in [2.75, 3.05) is 13.1 Å². The summed E-state index contributed by atoms with van der Waals surface area (Å²) in [7, 11) is 0. The highest BCUT2D eigenvalue weighted by atomic mass is 16.3. The molecule has 2 heterocycles. The van der Waals surface area contributed by atoms with E-state index >= 15 is 0 Å². The number of aliphatic hydroxyl groups excluding tert-OH is 1. The fraction of sp³-hybridized carbons (Fsp3) is 0.471. The summed E-state index contributed by atoms with van der Waals surface area (Å²) in [5.74, 6) is 0.366. The summed E-state index contributed by atoms with van der Waals surface area (Å²) in [6.07, 6.45) is 3.54. The average molecular weight is 285 g/mol. The van der Waals surface area contributed by atoms with Crippen LogP contribution < -0.4 is 0 Å². The molecule has 4 nitrogen and oxygen atoms in total. The van der Waals surface area contributed by atoms with Crippen LogP contribution in [0.3, 0.4) is 0 Å². The second-order valence-electron chi connectivity index (χ2n) is 6.12. The molecule has 2 aromatic rings. The van der Waals surface area contributed by atoms with Crippen molar-refractivity contribution < 1.29 is 5.11 Å². The van der Waals surface area contributed by atoms with Gasteiger partial charge in [0.15, 0.2) is 0 Å². The lowest BCUT2D eigenvalue weighted by molar-refractivity contribution is 0.0183. The molecule has 0 spiro atoms. The first kappa shape index (κ1) is 14.3. The van der Waals surface area contributed by atoms with E-state index in [2.05, 4.69) is 46.3 Å². The lowest BCUT2D eigenvalue weighted by Crippen LogP contribution is -2.44. The van der Waals surface area contributed by atoms with Gasteiger partial charge >= 0.3 is 0 Å². The predicted molar refractivity (Wildman–Crippen MR) is 82.9 cm³/mol. The van der Waals surface area contributed by atoms with Crippen LogP contribution in [0.2, 0.25) is 0 Å². The molecule has 0 aliphatic carbocycles. The molecule has 1 aromatic carbocycles. The Hall–Kier alpha value is -1.65. The maximum atomic E-state index is 10.4. The molecule has 1 saturated heterocycles. The molecule has 2 N–H and O–H groups in total. The lowest BCUT2D eigenvalue weighted by atomic mass is 9.87. The molecule has 1 aromatic heterocycles. The van der Waals surface area contributed by atoms with Crippen LogP contribution in [0.4, 0.5) is 0 Å². The first-order chi connectivity index (χ1) is 10.2. The van der Waals surface area contributed by atoms with Gasteiger partial charge in [-0.3, -0.25) is 10.00 Å². The van der Waals surface area contributed by atoms with E-state index in [1.54, 1.807) is 6.20 Å². The highest BCUT2D eigenvalue weighted by Crippen LogP contribution is 2.23. The molecule has 21 heavy (non-hydrogen) atoms. The Balaban J connectivity index is 1.54. The predicted octanol–water partition coefficient (Wildman–Crippen LogP) is 2.14. The Bertz CT molecular complexity index is 550. The maximum Gasteiger partial charge on any atom is 0.0699 e. The van der Waals surface area contributed by atoms with E-state index in [1.807, 2.05) is 6.07 Å². The topological polar surface area (TPSA) is 52.2 Å². The van der Waals surface area contributed by atoms with Gasteiger partial charge in [0, 0.05) is 25.0 Å². The summed E-state index contributed by atoms with van der Waals surface area (Å²) in [5.41, 5.74) is 3.72. The normalized spacial score (nSPS) is 23.3. The van der Waals surface area contributed by atoms with Crippen molar-refractivity contribution >= 4 is 0 Å². The quantitative estimate of drug-likeness (QED) is 0.905. The van der Waals surface area contributed by atoms with Crippen LogP contribution in [0.1, 0.15) is 23.2 Å². The van der Waals surface area contributed by atoms with Crippen LogP contribution in [0, 0.1) is 12.8 Å². The second-order valence-corrected chi connectivity index (χ2v) is 6.12. The summed E-state index contributed by atoms with van der Waals surface area (Å²) in [4.78, 5) is 2.30. The van der Waals surface area contributed by atoms with Crippen LogP contribution in [-0.4, -0.2) is 39.4 Å². The third kappa shape index (κ3) is 3.71. The number of likely N-dealkylation sites (tertiary alicyclic amines) is 1. The van der Waals surface area contributed by atoms with Crippen molar-refractivity contribution in [2.24, 2.45) is 5.92 Å². The van der Waals surface area contributed by atoms with Gasteiger partial charge in [0.05, 0.1) is 6.10 Å². The van der Waals surface area contributed by atoms with Crippen LogP contribution in [0.15, 0.2) is 36.5 Å². The molecule has 112 valence electrons. The Morgan fingerprint density at radius 2 is 2.10 bits per heavy atom. The minimum Gasteiger partial charge on any atom is -0.391 e. The van der Waals surface area contributed by atoms with Crippen LogP contribution in [0.25, 0.3) is 0 Å². The van der Waals surface area contributed by atoms with Crippen LogP contribution >= 0.6 is 0 Å². The minimum absolute atomic E-state index is 0.247. The van der Waals surface area contributed by atoms with Crippen LogP contribution in [0.5, 0.6) is 0 Å². The van der Waals surface area contributed by atoms with E-state index in [4.69, 9.17) is 0 Å². The third-order valence-corrected chi connectivity index (χ3v) is 4.38. The molecule has 0 bridgehead atoms. The summed E-state index contributed by atoms with van der Waals surface area (Å²) < 4.78 is 0. The van der Waals surface area contributed by atoms with Crippen molar-refractivity contribution in [3.05, 3.63) is 53.3 Å². The number of nitrogens with one attached hydrogen (secondary N) is 1. The lowest BCUT2D eigenvalue weighted by Gasteiger charge is -2.35. The zero-order valence-electron chi connectivity index (χ0n) is 12.5. The van der Waals surface area contributed by atoms with Crippen LogP contribution in [-0.2, 0) is 13.0 Å². The number of rotatable bonds is 4. The highest BCUT2D eigenvalue weighted by molar-refractivity contribution is 5.22. The summed E-state index contributed by atoms with van der Waals surface area (Å²) in [6.45, 7) is 4.73. The first-order valence-corrected chi connectivity index (χ1v) is 7.65. The van der Waals surface area contributed by atoms with Gasteiger partial charge in [-0.1, -0.05) is 29.8 Å². The maximum absolute atomic E-state index is 10.4. The van der Waals surface area contributed by atoms with E-state index in [-0.39, 0.29) is 6.10 Å². The number of aliphatic hydroxyl groups is 1. The Morgan fingerprint density at radius 1 is 1.29 bits per heavy atom.